The number of thioether (sulfide) groups is 1. The minimum Gasteiger partial charge on any atom is -0.492 e. The number of aromatic nitrogens is 4. The number of carbonyl (C=O) groups excluding carboxylic acids is 1. The highest BCUT2D eigenvalue weighted by molar-refractivity contribution is 8.00. The summed E-state index contributed by atoms with van der Waals surface area (Å²) in [5.41, 5.74) is 2.47. The predicted octanol–water partition coefficient (Wildman–Crippen LogP) is 5.62. The average molecular weight is 474 g/mol. The monoisotopic (exact) mass is 473 g/mol. The van der Waals surface area contributed by atoms with Gasteiger partial charge in [0.15, 0.2) is 11.0 Å². The van der Waals surface area contributed by atoms with Gasteiger partial charge in [-0.25, -0.2) is 0 Å². The van der Waals surface area contributed by atoms with Crippen LogP contribution in [0.4, 0.5) is 5.69 Å². The van der Waals surface area contributed by atoms with E-state index in [0.29, 0.717) is 23.2 Å². The van der Waals surface area contributed by atoms with E-state index in [2.05, 4.69) is 32.0 Å². The first-order chi connectivity index (χ1) is 16.7. The van der Waals surface area contributed by atoms with Crippen molar-refractivity contribution in [3.8, 4) is 17.1 Å². The van der Waals surface area contributed by atoms with Crippen molar-refractivity contribution < 1.29 is 9.53 Å². The smallest absolute Gasteiger partial charge is 0.242 e. The van der Waals surface area contributed by atoms with Crippen molar-refractivity contribution in [3.63, 3.8) is 0 Å². The molecular weight excluding hydrogens is 446 g/mol. The average Bonchev–Trinajstić information content (AvgIpc) is 3.27. The second-order valence-corrected chi connectivity index (χ2v) is 8.59. The lowest BCUT2D eigenvalue weighted by atomic mass is 10.1. The highest BCUT2D eigenvalue weighted by Gasteiger charge is 2.26. The van der Waals surface area contributed by atoms with Crippen molar-refractivity contribution in [1.29, 1.82) is 0 Å². The molecule has 0 aliphatic rings. The van der Waals surface area contributed by atoms with E-state index in [-0.39, 0.29) is 5.91 Å². The number of rotatable bonds is 10. The van der Waals surface area contributed by atoms with Crippen LogP contribution in [0, 0.1) is 0 Å². The van der Waals surface area contributed by atoms with Gasteiger partial charge < -0.3 is 14.6 Å². The fraction of sp³-hybridized carbons (Fsp3) is 0.231. The van der Waals surface area contributed by atoms with Gasteiger partial charge in [-0.2, -0.15) is 0 Å². The Hall–Kier alpha value is -3.65. The number of hydrogen-bond donors (Lipinski definition) is 1. The number of anilines is 1. The lowest BCUT2D eigenvalue weighted by molar-refractivity contribution is -0.115. The summed E-state index contributed by atoms with van der Waals surface area (Å²) in [7, 11) is 0. The van der Waals surface area contributed by atoms with Crippen LogP contribution in [0.1, 0.15) is 31.1 Å². The Morgan fingerprint density at radius 1 is 1.00 bits per heavy atom. The maximum absolute atomic E-state index is 13.6. The highest BCUT2D eigenvalue weighted by atomic mass is 32.2. The van der Waals surface area contributed by atoms with Crippen LogP contribution in [0.15, 0.2) is 84.3 Å². The predicted molar refractivity (Wildman–Crippen MR) is 135 cm³/mol. The molecule has 4 aromatic rings. The van der Waals surface area contributed by atoms with E-state index in [1.165, 1.54) is 11.8 Å². The molecule has 0 fully saturated rings. The highest BCUT2D eigenvalue weighted by Crippen LogP contribution is 2.37. The Balaban J connectivity index is 1.67. The topological polar surface area (TPSA) is 81.9 Å². The molecule has 0 spiro atoms. The molecular formula is C26H27N5O2S. The van der Waals surface area contributed by atoms with E-state index in [4.69, 9.17) is 4.74 Å². The second kappa shape index (κ2) is 11.5. The molecule has 2 aromatic carbocycles. The number of amides is 1. The Bertz CT molecular complexity index is 1210. The van der Waals surface area contributed by atoms with Crippen molar-refractivity contribution >= 4 is 23.4 Å². The molecule has 2 heterocycles. The molecule has 2 aromatic heterocycles. The summed E-state index contributed by atoms with van der Waals surface area (Å²) in [4.78, 5) is 17.7. The van der Waals surface area contributed by atoms with Gasteiger partial charge in [-0.1, -0.05) is 61.2 Å². The van der Waals surface area contributed by atoms with Crippen LogP contribution in [0.2, 0.25) is 0 Å². The van der Waals surface area contributed by atoms with E-state index in [1.807, 2.05) is 73.7 Å². The maximum atomic E-state index is 13.6. The van der Waals surface area contributed by atoms with Crippen LogP contribution in [0.5, 0.6) is 5.75 Å². The molecule has 7 nitrogen and oxygen atoms in total. The fourth-order valence-electron chi connectivity index (χ4n) is 3.57. The number of nitrogens with zero attached hydrogens (tertiary/aromatic N) is 4. The number of ether oxygens (including phenoxy) is 1. The molecule has 1 unspecified atom stereocenters. The first-order valence-corrected chi connectivity index (χ1v) is 12.2. The molecule has 174 valence electrons. The quantitative estimate of drug-likeness (QED) is 0.301. The summed E-state index contributed by atoms with van der Waals surface area (Å²) in [5.74, 6) is 1.25. The SMILES string of the molecule is CCCn1c(SC(C(=O)Nc2ccccc2OCC)c2ccccc2)nnc1-c1ccncc1. The van der Waals surface area contributed by atoms with Gasteiger partial charge >= 0.3 is 0 Å². The summed E-state index contributed by atoms with van der Waals surface area (Å²) in [6.45, 7) is 5.28. The van der Waals surface area contributed by atoms with Crippen LogP contribution < -0.4 is 10.1 Å². The van der Waals surface area contributed by atoms with Gasteiger partial charge in [0.1, 0.15) is 11.0 Å². The Morgan fingerprint density at radius 2 is 1.74 bits per heavy atom. The minimum atomic E-state index is -0.527. The molecule has 0 saturated heterocycles. The van der Waals surface area contributed by atoms with E-state index in [0.717, 1.165) is 29.9 Å². The first kappa shape index (κ1) is 23.5. The first-order valence-electron chi connectivity index (χ1n) is 11.3. The number of carbonyl (C=O) groups is 1. The van der Waals surface area contributed by atoms with Crippen LogP contribution in [-0.2, 0) is 11.3 Å². The summed E-state index contributed by atoms with van der Waals surface area (Å²) in [6.07, 6.45) is 4.39. The Labute approximate surface area is 203 Å². The molecule has 1 amide bonds. The van der Waals surface area contributed by atoms with Crippen molar-refractivity contribution in [2.24, 2.45) is 0 Å². The third-order valence-corrected chi connectivity index (χ3v) is 6.35. The van der Waals surface area contributed by atoms with Gasteiger partial charge in [0.05, 0.1) is 12.3 Å². The summed E-state index contributed by atoms with van der Waals surface area (Å²) < 4.78 is 7.76. The number of benzene rings is 2. The zero-order valence-corrected chi connectivity index (χ0v) is 20.0. The van der Waals surface area contributed by atoms with Crippen molar-refractivity contribution in [3.05, 3.63) is 84.7 Å². The summed E-state index contributed by atoms with van der Waals surface area (Å²) >= 11 is 1.39. The molecule has 1 N–H and O–H groups in total. The van der Waals surface area contributed by atoms with E-state index >= 15 is 0 Å². The molecule has 0 aliphatic carbocycles. The van der Waals surface area contributed by atoms with Crippen molar-refractivity contribution in [1.82, 2.24) is 19.7 Å². The lowest BCUT2D eigenvalue weighted by Crippen LogP contribution is -2.20. The van der Waals surface area contributed by atoms with Gasteiger partial charge in [0, 0.05) is 24.5 Å². The standard InChI is InChI=1S/C26H27N5O2S/c1-3-18-31-24(20-14-16-27-17-15-20)29-30-26(31)34-23(19-10-6-5-7-11-19)25(32)28-21-12-8-9-13-22(21)33-4-2/h5-17,23H,3-4,18H2,1-2H3,(H,28,32). The van der Waals surface area contributed by atoms with Gasteiger partial charge in [-0.3, -0.25) is 9.78 Å². The fourth-order valence-corrected chi connectivity index (χ4v) is 4.63. The number of nitrogens with one attached hydrogen (secondary N) is 1. The normalized spacial score (nSPS) is 11.7. The molecule has 0 radical (unpaired) electrons. The van der Waals surface area contributed by atoms with Gasteiger partial charge in [0.2, 0.25) is 5.91 Å². The maximum Gasteiger partial charge on any atom is 0.242 e. The van der Waals surface area contributed by atoms with Crippen LogP contribution in [-0.4, -0.2) is 32.3 Å². The van der Waals surface area contributed by atoms with Crippen LogP contribution in [0.3, 0.4) is 0 Å². The molecule has 4 rings (SSSR count). The van der Waals surface area contributed by atoms with Gasteiger partial charge in [-0.15, -0.1) is 10.2 Å². The van der Waals surface area contributed by atoms with Crippen molar-refractivity contribution in [2.45, 2.75) is 37.2 Å². The molecule has 0 aliphatic heterocycles. The third kappa shape index (κ3) is 5.46. The summed E-state index contributed by atoms with van der Waals surface area (Å²) in [5, 5.41) is 12.1. The molecule has 34 heavy (non-hydrogen) atoms. The van der Waals surface area contributed by atoms with Gasteiger partial charge in [0.25, 0.3) is 0 Å². The molecule has 0 saturated carbocycles. The van der Waals surface area contributed by atoms with E-state index in [1.54, 1.807) is 12.4 Å². The molecule has 1 atom stereocenters. The Morgan fingerprint density at radius 3 is 2.47 bits per heavy atom. The summed E-state index contributed by atoms with van der Waals surface area (Å²) in [6, 6.07) is 21.0. The lowest BCUT2D eigenvalue weighted by Gasteiger charge is -2.18. The zero-order chi connectivity index (χ0) is 23.8. The molecule has 8 heteroatoms. The van der Waals surface area contributed by atoms with Crippen molar-refractivity contribution in [2.75, 3.05) is 11.9 Å². The Kier molecular flexibility index (Phi) is 7.93. The second-order valence-electron chi connectivity index (χ2n) is 7.52. The number of pyridine rings is 1. The van der Waals surface area contributed by atoms with E-state index < -0.39 is 5.25 Å². The van der Waals surface area contributed by atoms with Crippen LogP contribution in [0.25, 0.3) is 11.4 Å². The number of hydrogen-bond acceptors (Lipinski definition) is 6. The minimum absolute atomic E-state index is 0.153. The zero-order valence-electron chi connectivity index (χ0n) is 19.2. The van der Waals surface area contributed by atoms with Gasteiger partial charge in [-0.05, 0) is 43.2 Å². The molecule has 0 bridgehead atoms. The largest absolute Gasteiger partial charge is 0.492 e. The van der Waals surface area contributed by atoms with Crippen LogP contribution >= 0.6 is 11.8 Å². The number of para-hydroxylation sites is 2. The third-order valence-electron chi connectivity index (χ3n) is 5.11. The van der Waals surface area contributed by atoms with E-state index in [9.17, 15) is 4.79 Å².